The van der Waals surface area contributed by atoms with Crippen molar-refractivity contribution in [2.75, 3.05) is 0 Å². The fourth-order valence-electron chi connectivity index (χ4n) is 6.95. The maximum Gasteiger partial charge on any atom is 0.162 e. The number of hydrogen-bond acceptors (Lipinski definition) is 1. The number of nitriles is 1. The molecule has 0 bridgehead atoms. The van der Waals surface area contributed by atoms with Crippen molar-refractivity contribution >= 4 is 0 Å². The van der Waals surface area contributed by atoms with E-state index in [1.165, 1.54) is 24.3 Å². The number of fused-ring (bicyclic) bond motifs is 1. The van der Waals surface area contributed by atoms with Crippen LogP contribution in [0, 0.1) is 52.2 Å². The molecule has 0 N–H and O–H groups in total. The van der Waals surface area contributed by atoms with Gasteiger partial charge in [-0.1, -0.05) is 25.5 Å². The molecule has 1 fully saturated rings. The summed E-state index contributed by atoms with van der Waals surface area (Å²) in [7, 11) is 0. The Balaban J connectivity index is 1.23. The average molecular weight is 584 g/mol. The number of benzene rings is 3. The van der Waals surface area contributed by atoms with Crippen molar-refractivity contribution in [3.05, 3.63) is 104 Å². The molecule has 2 aliphatic carbocycles. The lowest BCUT2D eigenvalue weighted by Crippen LogP contribution is -2.21. The van der Waals surface area contributed by atoms with Gasteiger partial charge in [-0.2, -0.15) is 5.26 Å². The van der Waals surface area contributed by atoms with Crippen LogP contribution in [0.1, 0.15) is 109 Å². The molecular formula is C35H35F6N. The van der Waals surface area contributed by atoms with E-state index in [1.807, 2.05) is 6.92 Å². The molecule has 222 valence electrons. The molecule has 0 saturated heterocycles. The van der Waals surface area contributed by atoms with Crippen LogP contribution in [0.2, 0.25) is 0 Å². The van der Waals surface area contributed by atoms with E-state index in [2.05, 4.69) is 0 Å². The Labute approximate surface area is 243 Å². The molecule has 1 saturated carbocycles. The third-order valence-corrected chi connectivity index (χ3v) is 9.41. The van der Waals surface area contributed by atoms with Crippen LogP contribution in [-0.4, -0.2) is 0 Å². The van der Waals surface area contributed by atoms with Crippen LogP contribution >= 0.6 is 0 Å². The van der Waals surface area contributed by atoms with Crippen LogP contribution in [0.25, 0.3) is 0 Å². The van der Waals surface area contributed by atoms with E-state index >= 15 is 8.78 Å². The highest BCUT2D eigenvalue weighted by Gasteiger charge is 2.32. The van der Waals surface area contributed by atoms with Crippen molar-refractivity contribution in [2.24, 2.45) is 5.92 Å². The normalized spacial score (nSPS) is 20.3. The third-order valence-electron chi connectivity index (χ3n) is 9.41. The van der Waals surface area contributed by atoms with Gasteiger partial charge in [0.1, 0.15) is 34.9 Å². The zero-order valence-corrected chi connectivity index (χ0v) is 23.8. The van der Waals surface area contributed by atoms with Gasteiger partial charge in [-0.05, 0) is 134 Å². The minimum Gasteiger partial charge on any atom is -0.207 e. The van der Waals surface area contributed by atoms with Gasteiger partial charge in [0.05, 0.1) is 0 Å². The first-order valence-electron chi connectivity index (χ1n) is 15.1. The van der Waals surface area contributed by atoms with Gasteiger partial charge in [0.2, 0.25) is 0 Å². The monoisotopic (exact) mass is 583 g/mol. The Bertz CT molecular complexity index is 1480. The minimum absolute atomic E-state index is 0.101. The van der Waals surface area contributed by atoms with Crippen LogP contribution in [0.3, 0.4) is 0 Å². The van der Waals surface area contributed by atoms with Gasteiger partial charge in [-0.15, -0.1) is 0 Å². The molecule has 42 heavy (non-hydrogen) atoms. The molecule has 0 aliphatic heterocycles. The molecule has 3 aromatic rings. The summed E-state index contributed by atoms with van der Waals surface area (Å²) < 4.78 is 88.6. The summed E-state index contributed by atoms with van der Waals surface area (Å²) in [5, 5.41) is 8.91. The molecule has 3 aromatic carbocycles. The highest BCUT2D eigenvalue weighted by Crippen LogP contribution is 2.44. The minimum atomic E-state index is -0.891. The van der Waals surface area contributed by atoms with Crippen LogP contribution < -0.4 is 0 Å². The Kier molecular flexibility index (Phi) is 9.30. The van der Waals surface area contributed by atoms with E-state index < -0.39 is 40.5 Å². The van der Waals surface area contributed by atoms with E-state index in [-0.39, 0.29) is 23.3 Å². The predicted molar refractivity (Wildman–Crippen MR) is 150 cm³/mol. The molecule has 1 unspecified atom stereocenters. The van der Waals surface area contributed by atoms with Crippen molar-refractivity contribution < 1.29 is 26.3 Å². The van der Waals surface area contributed by atoms with Crippen molar-refractivity contribution in [3.63, 3.8) is 0 Å². The fraction of sp³-hybridized carbons (Fsp3) is 0.457. The van der Waals surface area contributed by atoms with Crippen LogP contribution in [0.5, 0.6) is 0 Å². The number of hydrogen-bond donors (Lipinski definition) is 0. The van der Waals surface area contributed by atoms with Gasteiger partial charge in [-0.25, -0.2) is 26.3 Å². The van der Waals surface area contributed by atoms with E-state index in [0.29, 0.717) is 92.0 Å². The Morgan fingerprint density at radius 1 is 0.762 bits per heavy atom. The fourth-order valence-corrected chi connectivity index (χ4v) is 6.95. The number of aryl methyl sites for hydroxylation is 2. The molecule has 0 amide bonds. The van der Waals surface area contributed by atoms with Gasteiger partial charge in [0, 0.05) is 5.56 Å². The van der Waals surface area contributed by atoms with Crippen molar-refractivity contribution in [1.82, 2.24) is 0 Å². The van der Waals surface area contributed by atoms with Crippen molar-refractivity contribution in [1.29, 1.82) is 5.26 Å². The highest BCUT2D eigenvalue weighted by atomic mass is 19.2. The molecule has 0 aromatic heterocycles. The van der Waals surface area contributed by atoms with E-state index in [1.54, 1.807) is 12.1 Å². The summed E-state index contributed by atoms with van der Waals surface area (Å²) in [6.45, 7) is 2.00. The predicted octanol–water partition coefficient (Wildman–Crippen LogP) is 9.91. The van der Waals surface area contributed by atoms with Gasteiger partial charge in [0.15, 0.2) is 11.6 Å². The zero-order chi connectivity index (χ0) is 30.0. The highest BCUT2D eigenvalue weighted by molar-refractivity contribution is 5.40. The Morgan fingerprint density at radius 2 is 1.38 bits per heavy atom. The summed E-state index contributed by atoms with van der Waals surface area (Å²) >= 11 is 0. The molecule has 1 nitrogen and oxygen atoms in total. The molecule has 7 heteroatoms. The standard InChI is InChI=1S/C35H35F6N/c1-2-3-4-23-12-13-24(34(40)33(23)39)7-5-20-6-14-27-26(15-20)18-31(38)32(35(27)41)22-10-8-21(9-11-22)25-16-29(36)28(19-42)30(37)17-25/h12-13,16-18,20-22H,2-11,14-15H2,1H3. The summed E-state index contributed by atoms with van der Waals surface area (Å²) in [6.07, 6.45) is 6.88. The van der Waals surface area contributed by atoms with E-state index in [0.717, 1.165) is 12.8 Å². The molecule has 2 aliphatic rings. The van der Waals surface area contributed by atoms with Gasteiger partial charge in [-0.3, -0.25) is 0 Å². The average Bonchev–Trinajstić information content (AvgIpc) is 2.97. The number of nitrogens with zero attached hydrogens (tertiary/aromatic N) is 1. The Morgan fingerprint density at radius 3 is 2.00 bits per heavy atom. The van der Waals surface area contributed by atoms with Gasteiger partial charge >= 0.3 is 0 Å². The topological polar surface area (TPSA) is 23.8 Å². The van der Waals surface area contributed by atoms with Crippen molar-refractivity contribution in [3.8, 4) is 6.07 Å². The summed E-state index contributed by atoms with van der Waals surface area (Å²) in [6, 6.07) is 8.68. The molecule has 0 radical (unpaired) electrons. The van der Waals surface area contributed by atoms with E-state index in [9.17, 15) is 17.6 Å². The second kappa shape index (κ2) is 12.9. The number of rotatable bonds is 8. The SMILES string of the molecule is CCCCc1ccc(CCC2CCc3c(cc(F)c(C4CCC(c5cc(F)c(C#N)c(F)c5)CC4)c3F)C2)c(F)c1F. The van der Waals surface area contributed by atoms with Gasteiger partial charge < -0.3 is 0 Å². The maximum absolute atomic E-state index is 15.7. The smallest absolute Gasteiger partial charge is 0.162 e. The maximum atomic E-state index is 15.7. The van der Waals surface area contributed by atoms with Gasteiger partial charge in [0.25, 0.3) is 0 Å². The first kappa shape index (κ1) is 30.2. The quantitative estimate of drug-likeness (QED) is 0.242. The molecule has 5 rings (SSSR count). The molecule has 1 atom stereocenters. The first-order chi connectivity index (χ1) is 20.2. The van der Waals surface area contributed by atoms with E-state index in [4.69, 9.17) is 5.26 Å². The summed E-state index contributed by atoms with van der Waals surface area (Å²) in [4.78, 5) is 0. The largest absolute Gasteiger partial charge is 0.207 e. The third kappa shape index (κ3) is 6.09. The Hall–Kier alpha value is -3.27. The summed E-state index contributed by atoms with van der Waals surface area (Å²) in [5.41, 5.74) is 1.89. The lowest BCUT2D eigenvalue weighted by atomic mass is 9.74. The molecule has 0 spiro atoms. The summed E-state index contributed by atoms with van der Waals surface area (Å²) in [5.74, 6) is -4.74. The second-order valence-corrected chi connectivity index (χ2v) is 12.0. The lowest BCUT2D eigenvalue weighted by Gasteiger charge is -2.32. The number of halogens is 6. The van der Waals surface area contributed by atoms with Crippen LogP contribution in [0.15, 0.2) is 30.3 Å². The molecular weight excluding hydrogens is 548 g/mol. The zero-order valence-electron chi connectivity index (χ0n) is 23.8. The first-order valence-corrected chi connectivity index (χ1v) is 15.1. The van der Waals surface area contributed by atoms with Crippen LogP contribution in [-0.2, 0) is 25.7 Å². The van der Waals surface area contributed by atoms with Crippen molar-refractivity contribution in [2.45, 2.75) is 95.8 Å². The lowest BCUT2D eigenvalue weighted by molar-refractivity contribution is 0.368. The number of unbranched alkanes of at least 4 members (excludes halogenated alkanes) is 1. The molecule has 0 heterocycles. The van der Waals surface area contributed by atoms with Crippen LogP contribution in [0.4, 0.5) is 26.3 Å². The second-order valence-electron chi connectivity index (χ2n) is 12.0.